The predicted octanol–water partition coefficient (Wildman–Crippen LogP) is 2.23. The van der Waals surface area contributed by atoms with Crippen molar-refractivity contribution in [2.75, 3.05) is 18.6 Å². The van der Waals surface area contributed by atoms with Gasteiger partial charge in [0.25, 0.3) is 5.88 Å². The van der Waals surface area contributed by atoms with Crippen LogP contribution in [0.4, 0.5) is 19.0 Å². The average Bonchev–Trinajstić information content (AvgIpc) is 3.23. The first-order valence-electron chi connectivity index (χ1n) is 8.64. The Balaban J connectivity index is 1.49. The molecule has 1 aromatic heterocycles. The van der Waals surface area contributed by atoms with Crippen molar-refractivity contribution in [2.45, 2.75) is 31.5 Å². The minimum absolute atomic E-state index is 0.0341. The van der Waals surface area contributed by atoms with E-state index < -0.39 is 23.1 Å². The molecular weight excluding hydrogens is 363 g/mol. The van der Waals surface area contributed by atoms with Crippen LogP contribution in [0.25, 0.3) is 0 Å². The number of nitrogens with zero attached hydrogens (tertiary/aromatic N) is 3. The molecule has 1 spiro atoms. The summed E-state index contributed by atoms with van der Waals surface area (Å²) in [5.41, 5.74) is -0.409. The van der Waals surface area contributed by atoms with Gasteiger partial charge in [0.1, 0.15) is 6.61 Å². The van der Waals surface area contributed by atoms with E-state index in [1.807, 2.05) is 0 Å². The first-order chi connectivity index (χ1) is 12.9. The maximum absolute atomic E-state index is 13.4. The van der Waals surface area contributed by atoms with Crippen molar-refractivity contribution in [3.63, 3.8) is 0 Å². The summed E-state index contributed by atoms with van der Waals surface area (Å²) in [6.07, 6.45) is 2.09. The van der Waals surface area contributed by atoms with Crippen LogP contribution in [-0.4, -0.2) is 28.7 Å². The molecule has 0 radical (unpaired) electrons. The Morgan fingerprint density at radius 3 is 2.63 bits per heavy atom. The SMILES string of the molecule is COc1c(OCc2cc(F)c(F)c(F)c2)nc(=O)n2c1N1CC3CC1(C3)C2. The molecule has 6 rings (SSSR count). The minimum atomic E-state index is -1.54. The zero-order chi connectivity index (χ0) is 18.9. The molecule has 0 N–H and O–H groups in total. The van der Waals surface area contributed by atoms with Gasteiger partial charge in [0.2, 0.25) is 5.75 Å². The molecular formula is C18H16F3N3O3. The Morgan fingerprint density at radius 2 is 1.96 bits per heavy atom. The predicted molar refractivity (Wildman–Crippen MR) is 88.5 cm³/mol. The fraction of sp³-hybridized carbons (Fsp3) is 0.444. The van der Waals surface area contributed by atoms with E-state index in [1.54, 1.807) is 4.57 Å². The fourth-order valence-corrected chi connectivity index (χ4v) is 4.67. The largest absolute Gasteiger partial charge is 0.489 e. The van der Waals surface area contributed by atoms with Crippen LogP contribution in [0.5, 0.6) is 11.6 Å². The molecule has 6 nitrogen and oxygen atoms in total. The lowest BCUT2D eigenvalue weighted by Crippen LogP contribution is -2.44. The molecule has 2 aromatic rings. The Bertz CT molecular complexity index is 994. The average molecular weight is 379 g/mol. The number of ether oxygens (including phenoxy) is 2. The van der Waals surface area contributed by atoms with Gasteiger partial charge in [0.15, 0.2) is 23.3 Å². The van der Waals surface area contributed by atoms with Crippen molar-refractivity contribution in [3.05, 3.63) is 45.6 Å². The summed E-state index contributed by atoms with van der Waals surface area (Å²) in [4.78, 5) is 18.6. The summed E-state index contributed by atoms with van der Waals surface area (Å²) in [6, 6.07) is 1.69. The number of methoxy groups -OCH3 is 1. The molecule has 0 unspecified atom stereocenters. The van der Waals surface area contributed by atoms with E-state index >= 15 is 0 Å². The van der Waals surface area contributed by atoms with Crippen molar-refractivity contribution in [1.82, 2.24) is 9.55 Å². The van der Waals surface area contributed by atoms with Crippen LogP contribution in [0.3, 0.4) is 0 Å². The highest BCUT2D eigenvalue weighted by Crippen LogP contribution is 2.58. The summed E-state index contributed by atoms with van der Waals surface area (Å²) < 4.78 is 52.4. The van der Waals surface area contributed by atoms with E-state index in [0.29, 0.717) is 24.0 Å². The van der Waals surface area contributed by atoms with Gasteiger partial charge in [0, 0.05) is 6.54 Å². The summed E-state index contributed by atoms with van der Waals surface area (Å²) in [5, 5.41) is 0. The number of benzene rings is 1. The third-order valence-electron chi connectivity index (χ3n) is 5.76. The highest BCUT2D eigenvalue weighted by molar-refractivity contribution is 5.64. The van der Waals surface area contributed by atoms with Gasteiger partial charge in [0.05, 0.1) is 19.2 Å². The van der Waals surface area contributed by atoms with E-state index in [-0.39, 0.29) is 23.6 Å². The molecule has 3 aliphatic heterocycles. The number of anilines is 1. The summed E-state index contributed by atoms with van der Waals surface area (Å²) >= 11 is 0. The standard InChI is InChI=1S/C18H16F3N3O3/c1-26-14-15(27-7-9-2-11(19)13(21)12(20)3-9)22-17(25)23-8-18-4-10(5-18)6-24(18)16(14)23/h2-3,10H,4-8H2,1H3. The Kier molecular flexibility index (Phi) is 3.29. The molecule has 1 saturated carbocycles. The van der Waals surface area contributed by atoms with Gasteiger partial charge >= 0.3 is 5.69 Å². The molecule has 0 amide bonds. The lowest BCUT2D eigenvalue weighted by Gasteiger charge is -2.37. The smallest absolute Gasteiger partial charge is 0.352 e. The van der Waals surface area contributed by atoms with Gasteiger partial charge in [-0.3, -0.25) is 4.57 Å². The second kappa shape index (κ2) is 5.40. The first-order valence-corrected chi connectivity index (χ1v) is 8.64. The molecule has 142 valence electrons. The van der Waals surface area contributed by atoms with Crippen LogP contribution in [0.15, 0.2) is 16.9 Å². The topological polar surface area (TPSA) is 56.6 Å². The first kappa shape index (κ1) is 16.5. The number of hydrogen-bond acceptors (Lipinski definition) is 5. The van der Waals surface area contributed by atoms with Crippen LogP contribution < -0.4 is 20.1 Å². The zero-order valence-electron chi connectivity index (χ0n) is 14.5. The molecule has 0 atom stereocenters. The summed E-state index contributed by atoms with van der Waals surface area (Å²) in [5.74, 6) is -2.60. The molecule has 4 heterocycles. The van der Waals surface area contributed by atoms with E-state index in [0.717, 1.165) is 31.5 Å². The van der Waals surface area contributed by atoms with Crippen LogP contribution in [0, 0.1) is 23.4 Å². The van der Waals surface area contributed by atoms with Crippen molar-refractivity contribution in [2.24, 2.45) is 5.92 Å². The van der Waals surface area contributed by atoms with Gasteiger partial charge in [-0.2, -0.15) is 4.98 Å². The Hall–Kier alpha value is -2.71. The zero-order valence-corrected chi connectivity index (χ0v) is 14.5. The van der Waals surface area contributed by atoms with E-state index in [2.05, 4.69) is 9.88 Å². The summed E-state index contributed by atoms with van der Waals surface area (Å²) in [6.45, 7) is 1.15. The van der Waals surface area contributed by atoms with Gasteiger partial charge in [-0.05, 0) is 36.5 Å². The monoisotopic (exact) mass is 379 g/mol. The summed E-state index contributed by atoms with van der Waals surface area (Å²) in [7, 11) is 1.46. The molecule has 1 aliphatic carbocycles. The number of fused-ring (bicyclic) bond motifs is 1. The Labute approximate surface area is 152 Å². The van der Waals surface area contributed by atoms with Crippen molar-refractivity contribution < 1.29 is 22.6 Å². The van der Waals surface area contributed by atoms with Gasteiger partial charge in [-0.15, -0.1) is 0 Å². The van der Waals surface area contributed by atoms with Crippen LogP contribution in [0.2, 0.25) is 0 Å². The molecule has 2 saturated heterocycles. The molecule has 3 fully saturated rings. The molecule has 9 heteroatoms. The van der Waals surface area contributed by atoms with Gasteiger partial charge < -0.3 is 14.4 Å². The lowest BCUT2D eigenvalue weighted by atomic mass is 9.74. The minimum Gasteiger partial charge on any atom is -0.489 e. The van der Waals surface area contributed by atoms with E-state index in [4.69, 9.17) is 9.47 Å². The van der Waals surface area contributed by atoms with Crippen LogP contribution in [0.1, 0.15) is 18.4 Å². The van der Waals surface area contributed by atoms with Gasteiger partial charge in [-0.25, -0.2) is 18.0 Å². The van der Waals surface area contributed by atoms with Crippen LogP contribution in [-0.2, 0) is 13.2 Å². The molecule has 1 aromatic carbocycles. The second-order valence-electron chi connectivity index (χ2n) is 7.41. The fourth-order valence-electron chi connectivity index (χ4n) is 4.67. The van der Waals surface area contributed by atoms with Gasteiger partial charge in [-0.1, -0.05) is 0 Å². The van der Waals surface area contributed by atoms with E-state index in [1.165, 1.54) is 7.11 Å². The number of halogens is 3. The van der Waals surface area contributed by atoms with Crippen molar-refractivity contribution >= 4 is 5.82 Å². The number of aromatic nitrogens is 2. The third kappa shape index (κ3) is 2.20. The second-order valence-corrected chi connectivity index (χ2v) is 7.41. The molecule has 2 bridgehead atoms. The normalized spacial score (nSPS) is 24.4. The molecule has 4 aliphatic rings. The Morgan fingerprint density at radius 1 is 1.26 bits per heavy atom. The highest BCUT2D eigenvalue weighted by atomic mass is 19.2. The number of hydrogen-bond donors (Lipinski definition) is 0. The third-order valence-corrected chi connectivity index (χ3v) is 5.76. The van der Waals surface area contributed by atoms with Crippen molar-refractivity contribution in [1.29, 1.82) is 0 Å². The molecule has 27 heavy (non-hydrogen) atoms. The van der Waals surface area contributed by atoms with Crippen molar-refractivity contribution in [3.8, 4) is 11.6 Å². The maximum Gasteiger partial charge on any atom is 0.352 e. The highest BCUT2D eigenvalue weighted by Gasteiger charge is 2.61. The number of rotatable bonds is 4. The quantitative estimate of drug-likeness (QED) is 0.763. The van der Waals surface area contributed by atoms with E-state index in [9.17, 15) is 18.0 Å². The van der Waals surface area contributed by atoms with Crippen LogP contribution >= 0.6 is 0 Å². The lowest BCUT2D eigenvalue weighted by molar-refractivity contribution is 0.229. The maximum atomic E-state index is 13.4.